The molecule has 1 aliphatic rings. The third-order valence-corrected chi connectivity index (χ3v) is 2.35. The van der Waals surface area contributed by atoms with Gasteiger partial charge in [0.05, 0.1) is 0 Å². The first kappa shape index (κ1) is 12.8. The van der Waals surface area contributed by atoms with Gasteiger partial charge in [-0.3, -0.25) is 4.79 Å². The van der Waals surface area contributed by atoms with Crippen molar-refractivity contribution in [2.45, 2.75) is 26.4 Å². The van der Waals surface area contributed by atoms with E-state index in [9.17, 15) is 9.59 Å². The van der Waals surface area contributed by atoms with Crippen molar-refractivity contribution in [3.8, 4) is 0 Å². The van der Waals surface area contributed by atoms with Crippen molar-refractivity contribution in [1.29, 1.82) is 0 Å². The van der Waals surface area contributed by atoms with Crippen LogP contribution in [0.4, 0.5) is 4.79 Å². The van der Waals surface area contributed by atoms with Crippen LogP contribution in [0.3, 0.4) is 0 Å². The van der Waals surface area contributed by atoms with Crippen LogP contribution in [0.25, 0.3) is 0 Å². The van der Waals surface area contributed by atoms with E-state index >= 15 is 0 Å². The minimum Gasteiger partial charge on any atom is -0.481 e. The summed E-state index contributed by atoms with van der Waals surface area (Å²) in [6.45, 7) is 6.10. The molecule has 1 aliphatic heterocycles. The predicted octanol–water partition coefficient (Wildman–Crippen LogP) is 0.185. The van der Waals surface area contributed by atoms with Crippen molar-refractivity contribution in [3.63, 3.8) is 0 Å². The molecule has 0 bridgehead atoms. The summed E-state index contributed by atoms with van der Waals surface area (Å²) in [4.78, 5) is 22.3. The number of aliphatic carboxylic acids is 1. The lowest BCUT2D eigenvalue weighted by molar-refractivity contribution is -0.151. The summed E-state index contributed by atoms with van der Waals surface area (Å²) < 4.78 is 5.02. The molecular formula is C10H18N2O4. The number of hydrogen-bond acceptors (Lipinski definition) is 4. The Morgan fingerprint density at radius 2 is 2.00 bits per heavy atom. The topological polar surface area (TPSA) is 87.7 Å². The fourth-order valence-corrected chi connectivity index (χ4v) is 1.33. The summed E-state index contributed by atoms with van der Waals surface area (Å²) in [7, 11) is 0. The van der Waals surface area contributed by atoms with Gasteiger partial charge in [0.15, 0.2) is 0 Å². The summed E-state index contributed by atoms with van der Waals surface area (Å²) in [5.74, 6) is -0.901. The van der Waals surface area contributed by atoms with Crippen LogP contribution in [-0.4, -0.2) is 42.4 Å². The summed E-state index contributed by atoms with van der Waals surface area (Å²) in [6, 6.07) is 0. The lowest BCUT2D eigenvalue weighted by Crippen LogP contribution is -2.63. The lowest BCUT2D eigenvalue weighted by atomic mass is 9.82. The minimum absolute atomic E-state index is 0.0875. The second-order valence-electron chi connectivity index (χ2n) is 5.04. The molecule has 1 amide bonds. The zero-order valence-corrected chi connectivity index (χ0v) is 9.79. The van der Waals surface area contributed by atoms with E-state index in [4.69, 9.17) is 9.84 Å². The standard InChI is InChI=1S/C10H18N2O4/c1-9(2,3)16-8(15)12-6-10(7(13)14)4-11-5-10/h11H,4-6H2,1-3H3,(H,12,15)(H,13,14). The number of carbonyl (C=O) groups excluding carboxylic acids is 1. The second kappa shape index (κ2) is 4.29. The second-order valence-corrected chi connectivity index (χ2v) is 5.04. The van der Waals surface area contributed by atoms with Gasteiger partial charge in [0.1, 0.15) is 11.0 Å². The highest BCUT2D eigenvalue weighted by molar-refractivity contribution is 5.78. The van der Waals surface area contributed by atoms with E-state index in [1.165, 1.54) is 0 Å². The zero-order valence-electron chi connectivity index (χ0n) is 9.79. The van der Waals surface area contributed by atoms with E-state index in [0.717, 1.165) is 0 Å². The fourth-order valence-electron chi connectivity index (χ4n) is 1.33. The Hall–Kier alpha value is -1.30. The maximum absolute atomic E-state index is 11.3. The first-order valence-corrected chi connectivity index (χ1v) is 5.16. The molecule has 92 valence electrons. The number of alkyl carbamates (subject to hydrolysis) is 1. The Bertz CT molecular complexity index is 292. The number of nitrogens with one attached hydrogen (secondary N) is 2. The molecule has 0 unspecified atom stereocenters. The van der Waals surface area contributed by atoms with E-state index in [2.05, 4.69) is 10.6 Å². The smallest absolute Gasteiger partial charge is 0.407 e. The molecule has 1 fully saturated rings. The number of carboxylic acid groups (broad SMARTS) is 1. The van der Waals surface area contributed by atoms with Crippen LogP contribution in [0.2, 0.25) is 0 Å². The normalized spacial score (nSPS) is 18.4. The van der Waals surface area contributed by atoms with Crippen LogP contribution in [0.5, 0.6) is 0 Å². The number of rotatable bonds is 3. The van der Waals surface area contributed by atoms with Crippen molar-refractivity contribution in [2.24, 2.45) is 5.41 Å². The highest BCUT2D eigenvalue weighted by atomic mass is 16.6. The molecular weight excluding hydrogens is 212 g/mol. The Morgan fingerprint density at radius 3 is 2.31 bits per heavy atom. The van der Waals surface area contributed by atoms with Crippen LogP contribution in [-0.2, 0) is 9.53 Å². The molecule has 6 heteroatoms. The number of carboxylic acids is 1. The molecule has 16 heavy (non-hydrogen) atoms. The molecule has 1 rings (SSSR count). The number of amides is 1. The van der Waals surface area contributed by atoms with Gasteiger partial charge in [-0.1, -0.05) is 0 Å². The molecule has 0 atom stereocenters. The third-order valence-electron chi connectivity index (χ3n) is 2.35. The third kappa shape index (κ3) is 3.10. The zero-order chi connectivity index (χ0) is 12.4. The van der Waals surface area contributed by atoms with E-state index < -0.39 is 23.1 Å². The van der Waals surface area contributed by atoms with Crippen molar-refractivity contribution < 1.29 is 19.4 Å². The number of carbonyl (C=O) groups is 2. The SMILES string of the molecule is CC(C)(C)OC(=O)NCC1(C(=O)O)CNC1. The van der Waals surface area contributed by atoms with Gasteiger partial charge in [-0.25, -0.2) is 4.79 Å². The van der Waals surface area contributed by atoms with Crippen molar-refractivity contribution in [1.82, 2.24) is 10.6 Å². The highest BCUT2D eigenvalue weighted by Crippen LogP contribution is 2.21. The molecule has 0 aromatic carbocycles. The Labute approximate surface area is 94.3 Å². The Balaban J connectivity index is 2.39. The highest BCUT2D eigenvalue weighted by Gasteiger charge is 2.44. The molecule has 0 aliphatic carbocycles. The molecule has 6 nitrogen and oxygen atoms in total. The molecule has 0 aromatic heterocycles. The average Bonchev–Trinajstić information content (AvgIpc) is 1.97. The van der Waals surface area contributed by atoms with E-state index in [1.807, 2.05) is 0 Å². The predicted molar refractivity (Wildman–Crippen MR) is 57.2 cm³/mol. The lowest BCUT2D eigenvalue weighted by Gasteiger charge is -2.38. The van der Waals surface area contributed by atoms with Gasteiger partial charge in [-0.15, -0.1) is 0 Å². The molecule has 0 radical (unpaired) electrons. The fraction of sp³-hybridized carbons (Fsp3) is 0.800. The minimum atomic E-state index is -0.901. The van der Waals surface area contributed by atoms with Crippen molar-refractivity contribution >= 4 is 12.1 Å². The largest absolute Gasteiger partial charge is 0.481 e. The molecule has 0 aromatic rings. The van der Waals surface area contributed by atoms with Crippen molar-refractivity contribution in [2.75, 3.05) is 19.6 Å². The summed E-state index contributed by atoms with van der Waals surface area (Å²) in [5, 5.41) is 14.4. The molecule has 3 N–H and O–H groups in total. The molecule has 0 spiro atoms. The van der Waals surface area contributed by atoms with Gasteiger partial charge in [0.2, 0.25) is 0 Å². The monoisotopic (exact) mass is 230 g/mol. The van der Waals surface area contributed by atoms with Crippen molar-refractivity contribution in [3.05, 3.63) is 0 Å². The Morgan fingerprint density at radius 1 is 1.44 bits per heavy atom. The van der Waals surface area contributed by atoms with Gasteiger partial charge in [0, 0.05) is 19.6 Å². The summed E-state index contributed by atoms with van der Waals surface area (Å²) >= 11 is 0. The maximum Gasteiger partial charge on any atom is 0.407 e. The van der Waals surface area contributed by atoms with Crippen LogP contribution in [0.1, 0.15) is 20.8 Å². The van der Waals surface area contributed by atoms with Gasteiger partial charge in [-0.05, 0) is 20.8 Å². The summed E-state index contributed by atoms with van der Waals surface area (Å²) in [6.07, 6.45) is -0.583. The van der Waals surface area contributed by atoms with Gasteiger partial charge >= 0.3 is 12.1 Å². The Kier molecular flexibility index (Phi) is 3.42. The summed E-state index contributed by atoms with van der Waals surface area (Å²) in [5.41, 5.74) is -1.45. The van der Waals surface area contributed by atoms with Crippen LogP contribution in [0, 0.1) is 5.41 Å². The van der Waals surface area contributed by atoms with Crippen LogP contribution >= 0.6 is 0 Å². The molecule has 0 saturated carbocycles. The van der Waals surface area contributed by atoms with Crippen LogP contribution < -0.4 is 10.6 Å². The van der Waals surface area contributed by atoms with E-state index in [0.29, 0.717) is 13.1 Å². The van der Waals surface area contributed by atoms with Gasteiger partial charge in [-0.2, -0.15) is 0 Å². The first-order valence-electron chi connectivity index (χ1n) is 5.16. The quantitative estimate of drug-likeness (QED) is 0.644. The van der Waals surface area contributed by atoms with E-state index in [-0.39, 0.29) is 6.54 Å². The molecule has 1 heterocycles. The van der Waals surface area contributed by atoms with Gasteiger partial charge in [0.25, 0.3) is 0 Å². The maximum atomic E-state index is 11.3. The van der Waals surface area contributed by atoms with Crippen LogP contribution in [0.15, 0.2) is 0 Å². The first-order chi connectivity index (χ1) is 7.25. The number of hydrogen-bond donors (Lipinski definition) is 3. The molecule has 1 saturated heterocycles. The van der Waals surface area contributed by atoms with Gasteiger partial charge < -0.3 is 20.5 Å². The average molecular weight is 230 g/mol. The van der Waals surface area contributed by atoms with E-state index in [1.54, 1.807) is 20.8 Å². The number of ether oxygens (including phenoxy) is 1.